The predicted octanol–water partition coefficient (Wildman–Crippen LogP) is 7.26. The summed E-state index contributed by atoms with van der Waals surface area (Å²) in [5.41, 5.74) is 8.34. The summed E-state index contributed by atoms with van der Waals surface area (Å²) < 4.78 is 2.24. The fourth-order valence-corrected chi connectivity index (χ4v) is 4.76. The van der Waals surface area contributed by atoms with Crippen LogP contribution >= 0.6 is 0 Å². The molecule has 4 aromatic carbocycles. The molecule has 0 amide bonds. The van der Waals surface area contributed by atoms with E-state index in [-0.39, 0.29) is 0 Å². The van der Waals surface area contributed by atoms with Crippen molar-refractivity contribution in [3.05, 3.63) is 121 Å². The maximum Gasteiger partial charge on any atom is 0.0992 e. The van der Waals surface area contributed by atoms with Crippen LogP contribution in [0.15, 0.2) is 109 Å². The molecule has 6 aromatic rings. The van der Waals surface area contributed by atoms with Gasteiger partial charge in [0.25, 0.3) is 0 Å². The first-order valence-electron chi connectivity index (χ1n) is 11.3. The van der Waals surface area contributed by atoms with E-state index < -0.39 is 0 Å². The molecule has 4 heteroatoms. The van der Waals surface area contributed by atoms with Gasteiger partial charge in [-0.05, 0) is 65.2 Å². The highest BCUT2D eigenvalue weighted by Crippen LogP contribution is 2.39. The molecule has 0 aliphatic rings. The second kappa shape index (κ2) is 8.30. The van der Waals surface area contributed by atoms with Gasteiger partial charge in [0.2, 0.25) is 0 Å². The largest absolute Gasteiger partial charge is 0.309 e. The average molecular weight is 447 g/mol. The van der Waals surface area contributed by atoms with Crippen LogP contribution in [0.3, 0.4) is 0 Å². The summed E-state index contributed by atoms with van der Waals surface area (Å²) in [5, 5.41) is 21.4. The van der Waals surface area contributed by atoms with Crippen LogP contribution in [0.4, 0.5) is 0 Å². The number of nitrogens with zero attached hydrogens (tertiary/aromatic N) is 4. The fourth-order valence-electron chi connectivity index (χ4n) is 4.76. The molecule has 0 aliphatic carbocycles. The van der Waals surface area contributed by atoms with Crippen LogP contribution in [0.2, 0.25) is 0 Å². The monoisotopic (exact) mass is 446 g/mol. The van der Waals surface area contributed by atoms with Gasteiger partial charge in [0.05, 0.1) is 34.3 Å². The Labute approximate surface area is 202 Å². The van der Waals surface area contributed by atoms with E-state index in [1.54, 1.807) is 12.4 Å². The molecule has 0 aliphatic heterocycles. The van der Waals surface area contributed by atoms with E-state index in [0.717, 1.165) is 49.7 Å². The molecule has 162 valence electrons. The molecule has 2 aromatic heterocycles. The van der Waals surface area contributed by atoms with Gasteiger partial charge in [-0.1, -0.05) is 48.5 Å². The smallest absolute Gasteiger partial charge is 0.0992 e. The van der Waals surface area contributed by atoms with Gasteiger partial charge in [0.1, 0.15) is 0 Å². The van der Waals surface area contributed by atoms with Crippen molar-refractivity contribution in [1.82, 2.24) is 9.55 Å². The maximum absolute atomic E-state index is 9.84. The highest BCUT2D eigenvalue weighted by molar-refractivity contribution is 6.13. The van der Waals surface area contributed by atoms with Gasteiger partial charge >= 0.3 is 0 Å². The zero-order chi connectivity index (χ0) is 23.8. The van der Waals surface area contributed by atoms with Crippen molar-refractivity contribution in [3.63, 3.8) is 0 Å². The quantitative estimate of drug-likeness (QED) is 0.287. The standard InChI is InChI=1S/C31H18N4/c32-19-21-8-10-24(11-9-21)27-5-3-6-29-28-4-1-2-7-30(28)35(31(27)29)26-17-22(20-33)16-25(18-26)23-12-14-34-15-13-23/h1-18H. The summed E-state index contributed by atoms with van der Waals surface area (Å²) in [6.45, 7) is 0. The van der Waals surface area contributed by atoms with Gasteiger partial charge in [0.15, 0.2) is 0 Å². The highest BCUT2D eigenvalue weighted by Gasteiger charge is 2.17. The van der Waals surface area contributed by atoms with E-state index >= 15 is 0 Å². The van der Waals surface area contributed by atoms with Crippen molar-refractivity contribution in [2.75, 3.05) is 0 Å². The predicted molar refractivity (Wildman–Crippen MR) is 139 cm³/mol. The third-order valence-electron chi connectivity index (χ3n) is 6.34. The normalized spacial score (nSPS) is 10.8. The van der Waals surface area contributed by atoms with Gasteiger partial charge in [-0.25, -0.2) is 0 Å². The molecule has 6 rings (SSSR count). The number of hydrogen-bond donors (Lipinski definition) is 0. The van der Waals surface area contributed by atoms with E-state index in [0.29, 0.717) is 11.1 Å². The van der Waals surface area contributed by atoms with Crippen LogP contribution in [-0.2, 0) is 0 Å². The lowest BCUT2D eigenvalue weighted by Gasteiger charge is -2.14. The average Bonchev–Trinajstić information content (AvgIpc) is 3.28. The Morgan fingerprint density at radius 2 is 1.34 bits per heavy atom. The van der Waals surface area contributed by atoms with E-state index in [2.05, 4.69) is 64.2 Å². The second-order valence-corrected chi connectivity index (χ2v) is 8.36. The van der Waals surface area contributed by atoms with Gasteiger partial charge in [-0.3, -0.25) is 4.98 Å². The topological polar surface area (TPSA) is 65.4 Å². The zero-order valence-electron chi connectivity index (χ0n) is 18.7. The van der Waals surface area contributed by atoms with Crippen molar-refractivity contribution in [2.45, 2.75) is 0 Å². The summed E-state index contributed by atoms with van der Waals surface area (Å²) >= 11 is 0. The number of rotatable bonds is 3. The number of benzene rings is 4. The number of para-hydroxylation sites is 2. The minimum Gasteiger partial charge on any atom is -0.309 e. The Morgan fingerprint density at radius 3 is 2.11 bits per heavy atom. The lowest BCUT2D eigenvalue weighted by atomic mass is 10.0. The molecule has 0 bridgehead atoms. The third-order valence-corrected chi connectivity index (χ3v) is 6.34. The molecule has 2 heterocycles. The van der Waals surface area contributed by atoms with Gasteiger partial charge in [-0.2, -0.15) is 10.5 Å². The number of fused-ring (bicyclic) bond motifs is 3. The van der Waals surface area contributed by atoms with Gasteiger partial charge in [0, 0.05) is 34.4 Å². The molecule has 4 nitrogen and oxygen atoms in total. The molecule has 0 saturated heterocycles. The number of hydrogen-bond acceptors (Lipinski definition) is 3. The molecule has 0 atom stereocenters. The molecule has 0 fully saturated rings. The zero-order valence-corrected chi connectivity index (χ0v) is 18.7. The Balaban J connectivity index is 1.71. The lowest BCUT2D eigenvalue weighted by molar-refractivity contribution is 1.18. The Bertz CT molecular complexity index is 1800. The van der Waals surface area contributed by atoms with E-state index in [4.69, 9.17) is 0 Å². The number of nitriles is 2. The molecule has 0 spiro atoms. The highest BCUT2D eigenvalue weighted by atomic mass is 15.0. The van der Waals surface area contributed by atoms with Crippen LogP contribution in [0.1, 0.15) is 11.1 Å². The second-order valence-electron chi connectivity index (χ2n) is 8.36. The molecule has 0 unspecified atom stereocenters. The summed E-state index contributed by atoms with van der Waals surface area (Å²) in [6.07, 6.45) is 3.52. The third kappa shape index (κ3) is 3.42. The Hall–Kier alpha value is -5.19. The number of pyridine rings is 1. The Kier molecular flexibility index (Phi) is 4.84. The summed E-state index contributed by atoms with van der Waals surface area (Å²) in [6, 6.07) is 36.7. The summed E-state index contributed by atoms with van der Waals surface area (Å²) in [7, 11) is 0. The molecule has 0 saturated carbocycles. The van der Waals surface area contributed by atoms with Crippen molar-refractivity contribution in [3.8, 4) is 40.1 Å². The molecular formula is C31H18N4. The minimum atomic E-state index is 0.594. The van der Waals surface area contributed by atoms with Crippen LogP contribution in [0.5, 0.6) is 0 Å². The van der Waals surface area contributed by atoms with Gasteiger partial charge < -0.3 is 4.57 Å². The maximum atomic E-state index is 9.84. The van der Waals surface area contributed by atoms with E-state index in [9.17, 15) is 10.5 Å². The minimum absolute atomic E-state index is 0.594. The van der Waals surface area contributed by atoms with Crippen LogP contribution in [0.25, 0.3) is 49.7 Å². The molecule has 35 heavy (non-hydrogen) atoms. The van der Waals surface area contributed by atoms with Crippen molar-refractivity contribution in [2.24, 2.45) is 0 Å². The molecular weight excluding hydrogens is 428 g/mol. The number of aromatic nitrogens is 2. The summed E-state index contributed by atoms with van der Waals surface area (Å²) in [4.78, 5) is 4.13. The first-order valence-corrected chi connectivity index (χ1v) is 11.3. The Morgan fingerprint density at radius 1 is 0.600 bits per heavy atom. The van der Waals surface area contributed by atoms with Crippen LogP contribution in [0, 0.1) is 22.7 Å². The van der Waals surface area contributed by atoms with Gasteiger partial charge in [-0.15, -0.1) is 0 Å². The van der Waals surface area contributed by atoms with E-state index in [1.807, 2.05) is 54.6 Å². The summed E-state index contributed by atoms with van der Waals surface area (Å²) in [5.74, 6) is 0. The van der Waals surface area contributed by atoms with Crippen LogP contribution < -0.4 is 0 Å². The molecule has 0 radical (unpaired) electrons. The molecule has 0 N–H and O–H groups in total. The van der Waals surface area contributed by atoms with Crippen molar-refractivity contribution < 1.29 is 0 Å². The lowest BCUT2D eigenvalue weighted by Crippen LogP contribution is -1.97. The SMILES string of the molecule is N#Cc1ccc(-c2cccc3c4ccccc4n(-c4cc(C#N)cc(-c5ccncc5)c4)c23)cc1. The van der Waals surface area contributed by atoms with E-state index in [1.165, 1.54) is 0 Å². The fraction of sp³-hybridized carbons (Fsp3) is 0. The van der Waals surface area contributed by atoms with Crippen LogP contribution in [-0.4, -0.2) is 9.55 Å². The van der Waals surface area contributed by atoms with Crippen molar-refractivity contribution >= 4 is 21.8 Å². The first kappa shape index (κ1) is 20.4. The first-order chi connectivity index (χ1) is 17.3. The van der Waals surface area contributed by atoms with Crippen molar-refractivity contribution in [1.29, 1.82) is 10.5 Å².